The first-order chi connectivity index (χ1) is 13.0. The molecule has 9 heteroatoms. The van der Waals surface area contributed by atoms with Gasteiger partial charge in [0.2, 0.25) is 5.91 Å². The highest BCUT2D eigenvalue weighted by Gasteiger charge is 2.29. The number of thioether (sulfide) groups is 1. The first-order valence-corrected chi connectivity index (χ1v) is 11.6. The zero-order valence-corrected chi connectivity index (χ0v) is 18.1. The number of ether oxygens (including phenoxy) is 1. The fourth-order valence-electron chi connectivity index (χ4n) is 3.01. The largest absolute Gasteiger partial charge is 0.462 e. The molecule has 0 bridgehead atoms. The third-order valence-corrected chi connectivity index (χ3v) is 7.45. The van der Waals surface area contributed by atoms with E-state index in [1.807, 2.05) is 6.92 Å². The number of nitrogens with zero attached hydrogens (tertiary/aromatic N) is 2. The van der Waals surface area contributed by atoms with Crippen molar-refractivity contribution < 1.29 is 14.3 Å². The number of anilines is 1. The Hall–Kier alpha value is -1.45. The minimum atomic E-state index is -0.335. The first kappa shape index (κ1) is 20.3. The fourth-order valence-corrected chi connectivity index (χ4v) is 6.25. The topological polar surface area (TPSA) is 81.2 Å². The Labute approximate surface area is 171 Å². The molecule has 2 aromatic heterocycles. The van der Waals surface area contributed by atoms with Gasteiger partial charge in [0.05, 0.1) is 12.2 Å². The Morgan fingerprint density at radius 2 is 2.15 bits per heavy atom. The van der Waals surface area contributed by atoms with Crippen LogP contribution >= 0.6 is 34.4 Å². The standard InChI is InChI=1S/C18H23N3O3S3/c1-4-24-17(23)15-12-6-5-10(2)9-13(12)27-16(15)19-14(22)7-8-25-18-21-20-11(3)26-18/h10H,4-9H2,1-3H3,(H,19,22)/t10-/m1/s1. The molecule has 0 unspecified atom stereocenters. The molecular formula is C18H23N3O3S3. The number of aryl methyl sites for hydroxylation is 1. The van der Waals surface area contributed by atoms with Gasteiger partial charge >= 0.3 is 5.97 Å². The molecule has 1 aliphatic rings. The molecule has 3 rings (SSSR count). The number of rotatable bonds is 7. The number of fused-ring (bicyclic) bond motifs is 1. The Morgan fingerprint density at radius 3 is 2.85 bits per heavy atom. The molecule has 1 aliphatic carbocycles. The molecule has 1 amide bonds. The summed E-state index contributed by atoms with van der Waals surface area (Å²) in [5.74, 6) is 0.790. The predicted molar refractivity (Wildman–Crippen MR) is 110 cm³/mol. The highest BCUT2D eigenvalue weighted by atomic mass is 32.2. The fraction of sp³-hybridized carbons (Fsp3) is 0.556. The smallest absolute Gasteiger partial charge is 0.341 e. The Kier molecular flexibility index (Phi) is 6.88. The third-order valence-electron chi connectivity index (χ3n) is 4.31. The lowest BCUT2D eigenvalue weighted by Crippen LogP contribution is -2.16. The lowest BCUT2D eigenvalue weighted by Gasteiger charge is -2.18. The van der Waals surface area contributed by atoms with Crippen LogP contribution in [0.25, 0.3) is 0 Å². The van der Waals surface area contributed by atoms with Gasteiger partial charge in [-0.3, -0.25) is 4.79 Å². The van der Waals surface area contributed by atoms with E-state index in [-0.39, 0.29) is 11.9 Å². The minimum Gasteiger partial charge on any atom is -0.462 e. The summed E-state index contributed by atoms with van der Waals surface area (Å²) in [6, 6.07) is 0. The van der Waals surface area contributed by atoms with Crippen LogP contribution in [0.4, 0.5) is 5.00 Å². The second-order valence-corrected chi connectivity index (χ2v) is 10.1. The Balaban J connectivity index is 1.67. The van der Waals surface area contributed by atoms with Gasteiger partial charge in [0.1, 0.15) is 10.0 Å². The molecule has 0 radical (unpaired) electrons. The zero-order valence-electron chi connectivity index (χ0n) is 15.7. The van der Waals surface area contributed by atoms with Gasteiger partial charge in [0, 0.05) is 17.1 Å². The first-order valence-electron chi connectivity index (χ1n) is 9.02. The number of amides is 1. The van der Waals surface area contributed by atoms with Gasteiger partial charge in [-0.05, 0) is 44.6 Å². The summed E-state index contributed by atoms with van der Waals surface area (Å²) in [7, 11) is 0. The van der Waals surface area contributed by atoms with Crippen molar-refractivity contribution in [3.63, 3.8) is 0 Å². The van der Waals surface area contributed by atoms with Crippen molar-refractivity contribution in [2.24, 2.45) is 5.92 Å². The summed E-state index contributed by atoms with van der Waals surface area (Å²) in [6.45, 7) is 6.25. The maximum Gasteiger partial charge on any atom is 0.341 e. The molecule has 0 spiro atoms. The Bertz CT molecular complexity index is 831. The van der Waals surface area contributed by atoms with Gasteiger partial charge < -0.3 is 10.1 Å². The molecule has 0 fully saturated rings. The maximum atomic E-state index is 12.5. The van der Waals surface area contributed by atoms with Gasteiger partial charge in [-0.25, -0.2) is 4.79 Å². The van der Waals surface area contributed by atoms with Crippen molar-refractivity contribution in [2.75, 3.05) is 17.7 Å². The summed E-state index contributed by atoms with van der Waals surface area (Å²) >= 11 is 4.57. The number of hydrogen-bond acceptors (Lipinski definition) is 8. The van der Waals surface area contributed by atoms with Crippen molar-refractivity contribution in [1.82, 2.24) is 10.2 Å². The van der Waals surface area contributed by atoms with Crippen LogP contribution in [-0.4, -0.2) is 34.4 Å². The van der Waals surface area contributed by atoms with E-state index >= 15 is 0 Å². The highest BCUT2D eigenvalue weighted by Crippen LogP contribution is 2.40. The van der Waals surface area contributed by atoms with Crippen LogP contribution in [0.15, 0.2) is 4.34 Å². The molecule has 0 aromatic carbocycles. The number of hydrogen-bond donors (Lipinski definition) is 1. The summed E-state index contributed by atoms with van der Waals surface area (Å²) in [4.78, 5) is 26.1. The van der Waals surface area contributed by atoms with E-state index in [0.717, 1.165) is 34.2 Å². The molecular weight excluding hydrogens is 402 g/mol. The third kappa shape index (κ3) is 5.08. The van der Waals surface area contributed by atoms with E-state index in [1.54, 1.807) is 6.92 Å². The zero-order chi connectivity index (χ0) is 19.4. The molecule has 0 saturated heterocycles. The van der Waals surface area contributed by atoms with E-state index in [1.165, 1.54) is 39.3 Å². The maximum absolute atomic E-state index is 12.5. The molecule has 0 saturated carbocycles. The number of carbonyl (C=O) groups is 2. The number of esters is 1. The molecule has 2 heterocycles. The van der Waals surface area contributed by atoms with E-state index in [9.17, 15) is 9.59 Å². The molecule has 6 nitrogen and oxygen atoms in total. The second-order valence-electron chi connectivity index (χ2n) is 6.51. The van der Waals surface area contributed by atoms with Gasteiger partial charge in [-0.1, -0.05) is 30.0 Å². The van der Waals surface area contributed by atoms with Gasteiger partial charge in [0.15, 0.2) is 4.34 Å². The molecule has 1 atom stereocenters. The van der Waals surface area contributed by atoms with Crippen LogP contribution in [-0.2, 0) is 22.4 Å². The van der Waals surface area contributed by atoms with E-state index < -0.39 is 0 Å². The SMILES string of the molecule is CCOC(=O)c1c(NC(=O)CCSc2nnc(C)s2)sc2c1CC[C@@H](C)C2. The molecule has 2 aromatic rings. The van der Waals surface area contributed by atoms with Crippen molar-refractivity contribution in [1.29, 1.82) is 0 Å². The van der Waals surface area contributed by atoms with Crippen LogP contribution in [0.3, 0.4) is 0 Å². The van der Waals surface area contributed by atoms with Gasteiger partial charge in [0.25, 0.3) is 0 Å². The highest BCUT2D eigenvalue weighted by molar-refractivity contribution is 8.01. The Morgan fingerprint density at radius 1 is 1.33 bits per heavy atom. The quantitative estimate of drug-likeness (QED) is 0.525. The van der Waals surface area contributed by atoms with Crippen LogP contribution in [0.5, 0.6) is 0 Å². The van der Waals surface area contributed by atoms with Crippen LogP contribution in [0.2, 0.25) is 0 Å². The summed E-state index contributed by atoms with van der Waals surface area (Å²) in [6.07, 6.45) is 3.23. The number of nitrogens with one attached hydrogen (secondary N) is 1. The van der Waals surface area contributed by atoms with E-state index in [0.29, 0.717) is 35.3 Å². The lowest BCUT2D eigenvalue weighted by atomic mass is 9.88. The molecule has 1 N–H and O–H groups in total. The molecule has 146 valence electrons. The molecule has 27 heavy (non-hydrogen) atoms. The van der Waals surface area contributed by atoms with Gasteiger partial charge in [-0.2, -0.15) is 0 Å². The lowest BCUT2D eigenvalue weighted by molar-refractivity contribution is -0.115. The van der Waals surface area contributed by atoms with Crippen LogP contribution in [0, 0.1) is 12.8 Å². The van der Waals surface area contributed by atoms with E-state index in [4.69, 9.17) is 4.74 Å². The second kappa shape index (κ2) is 9.16. The minimum absolute atomic E-state index is 0.0964. The molecule has 0 aliphatic heterocycles. The average molecular weight is 426 g/mol. The van der Waals surface area contributed by atoms with Crippen LogP contribution < -0.4 is 5.32 Å². The summed E-state index contributed by atoms with van der Waals surface area (Å²) in [5.41, 5.74) is 1.62. The monoisotopic (exact) mass is 425 g/mol. The van der Waals surface area contributed by atoms with Crippen molar-refractivity contribution in [2.45, 2.75) is 50.8 Å². The predicted octanol–water partition coefficient (Wildman–Crippen LogP) is 4.33. The number of aromatic nitrogens is 2. The average Bonchev–Trinajstić information content (AvgIpc) is 3.17. The summed E-state index contributed by atoms with van der Waals surface area (Å²) in [5, 5.41) is 12.5. The number of thiophene rings is 1. The number of carbonyl (C=O) groups excluding carboxylic acids is 2. The van der Waals surface area contributed by atoms with Crippen molar-refractivity contribution >= 4 is 51.3 Å². The normalized spacial score (nSPS) is 16.0. The summed E-state index contributed by atoms with van der Waals surface area (Å²) < 4.78 is 6.11. The van der Waals surface area contributed by atoms with Crippen LogP contribution in [0.1, 0.15) is 52.5 Å². The van der Waals surface area contributed by atoms with Crippen molar-refractivity contribution in [3.05, 3.63) is 21.0 Å². The van der Waals surface area contributed by atoms with Gasteiger partial charge in [-0.15, -0.1) is 21.5 Å². The van der Waals surface area contributed by atoms with Crippen molar-refractivity contribution in [3.8, 4) is 0 Å². The van der Waals surface area contributed by atoms with E-state index in [2.05, 4.69) is 22.4 Å².